The van der Waals surface area contributed by atoms with Gasteiger partial charge in [-0.25, -0.2) is 4.79 Å². The fourth-order valence-corrected chi connectivity index (χ4v) is 1.81. The van der Waals surface area contributed by atoms with Crippen LogP contribution in [0.3, 0.4) is 0 Å². The van der Waals surface area contributed by atoms with Crippen LogP contribution in [0.4, 0.5) is 10.5 Å². The Morgan fingerprint density at radius 1 is 1.27 bits per heavy atom. The number of carbonyl (C=O) groups is 1. The summed E-state index contributed by atoms with van der Waals surface area (Å²) in [5, 5.41) is 2.64. The molecule has 5 heteroatoms. The predicted octanol–water partition coefficient (Wildman–Crippen LogP) is 2.91. The van der Waals surface area contributed by atoms with Crippen molar-refractivity contribution in [3.63, 3.8) is 0 Å². The van der Waals surface area contributed by atoms with Crippen molar-refractivity contribution in [1.29, 1.82) is 0 Å². The molecular weight excluding hydrogens is 278 g/mol. The molecule has 1 aromatic carbocycles. The average Bonchev–Trinajstić information content (AvgIpc) is 2.53. The van der Waals surface area contributed by atoms with Crippen LogP contribution < -0.4 is 11.1 Å². The minimum atomic E-state index is -0.460. The van der Waals surface area contributed by atoms with Crippen LogP contribution in [0.15, 0.2) is 48.5 Å². The molecule has 2 aromatic rings. The lowest BCUT2D eigenvalue weighted by molar-refractivity contribution is 0.141. The van der Waals surface area contributed by atoms with E-state index < -0.39 is 6.09 Å². The number of rotatable bonds is 5. The molecule has 0 atom stereocenters. The Labute approximate surface area is 129 Å². The third kappa shape index (κ3) is 4.94. The average molecular weight is 297 g/mol. The number of ether oxygens (including phenoxy) is 1. The molecule has 22 heavy (non-hydrogen) atoms. The van der Waals surface area contributed by atoms with E-state index >= 15 is 0 Å². The van der Waals surface area contributed by atoms with Crippen LogP contribution in [0.25, 0.3) is 6.08 Å². The molecule has 0 saturated heterocycles. The maximum Gasteiger partial charge on any atom is 0.407 e. The molecule has 0 aliphatic heterocycles. The first-order chi connectivity index (χ1) is 10.6. The molecule has 0 bridgehead atoms. The number of pyridine rings is 1. The number of aromatic nitrogens is 1. The number of amides is 1. The summed E-state index contributed by atoms with van der Waals surface area (Å²) in [6.45, 7) is 2.50. The van der Waals surface area contributed by atoms with Crippen LogP contribution in [0, 0.1) is 6.92 Å². The van der Waals surface area contributed by atoms with Gasteiger partial charge in [0.1, 0.15) is 6.61 Å². The highest BCUT2D eigenvalue weighted by Gasteiger charge is 2.01. The van der Waals surface area contributed by atoms with Crippen molar-refractivity contribution in [3.05, 3.63) is 65.5 Å². The van der Waals surface area contributed by atoms with Gasteiger partial charge < -0.3 is 15.8 Å². The minimum absolute atomic E-state index is 0.253. The molecule has 5 nitrogen and oxygen atoms in total. The number of carbonyl (C=O) groups excluding carboxylic acids is 1. The van der Waals surface area contributed by atoms with Gasteiger partial charge in [-0.1, -0.05) is 36.4 Å². The molecule has 0 aliphatic rings. The van der Waals surface area contributed by atoms with Gasteiger partial charge in [0.15, 0.2) is 0 Å². The number of alkyl carbamates (subject to hydrolysis) is 1. The topological polar surface area (TPSA) is 77.2 Å². The van der Waals surface area contributed by atoms with Crippen LogP contribution in [-0.2, 0) is 11.3 Å². The number of hydrogen-bond donors (Lipinski definition) is 2. The second-order valence-corrected chi connectivity index (χ2v) is 4.77. The Kier molecular flexibility index (Phi) is 5.54. The molecule has 3 N–H and O–H groups in total. The Balaban J connectivity index is 1.75. The zero-order chi connectivity index (χ0) is 15.8. The summed E-state index contributed by atoms with van der Waals surface area (Å²) in [5.74, 6) is 0. The monoisotopic (exact) mass is 297 g/mol. The third-order valence-electron chi connectivity index (χ3n) is 2.95. The lowest BCUT2D eigenvalue weighted by atomic mass is 10.2. The number of anilines is 1. The van der Waals surface area contributed by atoms with Crippen molar-refractivity contribution < 1.29 is 9.53 Å². The Bertz CT molecular complexity index is 654. The molecule has 0 saturated carbocycles. The Morgan fingerprint density at radius 2 is 2.05 bits per heavy atom. The van der Waals surface area contributed by atoms with Gasteiger partial charge in [-0.05, 0) is 30.7 Å². The first-order valence-corrected chi connectivity index (χ1v) is 6.99. The number of nitrogens with zero attached hydrogens (tertiary/aromatic N) is 1. The summed E-state index contributed by atoms with van der Waals surface area (Å²) >= 11 is 0. The highest BCUT2D eigenvalue weighted by atomic mass is 16.5. The number of nitrogens with two attached hydrogens (primary N) is 1. The quantitative estimate of drug-likeness (QED) is 0.889. The van der Waals surface area contributed by atoms with Crippen molar-refractivity contribution in [2.45, 2.75) is 13.5 Å². The van der Waals surface area contributed by atoms with Gasteiger partial charge >= 0.3 is 6.09 Å². The number of hydrogen-bond acceptors (Lipinski definition) is 4. The summed E-state index contributed by atoms with van der Waals surface area (Å²) in [7, 11) is 0. The molecule has 1 aromatic heterocycles. The van der Waals surface area contributed by atoms with E-state index in [1.165, 1.54) is 0 Å². The molecule has 0 aliphatic carbocycles. The number of benzene rings is 1. The SMILES string of the molecule is Cc1ccc(N)c(C=CCNC(=O)OCc2ccccc2)n1. The summed E-state index contributed by atoms with van der Waals surface area (Å²) in [4.78, 5) is 15.9. The van der Waals surface area contributed by atoms with E-state index in [1.807, 2.05) is 49.4 Å². The first-order valence-electron chi connectivity index (χ1n) is 6.99. The van der Waals surface area contributed by atoms with Crippen molar-refractivity contribution in [2.75, 3.05) is 12.3 Å². The van der Waals surface area contributed by atoms with Gasteiger partial charge in [-0.2, -0.15) is 0 Å². The highest BCUT2D eigenvalue weighted by molar-refractivity contribution is 5.68. The van der Waals surface area contributed by atoms with Crippen LogP contribution in [0.5, 0.6) is 0 Å². The Morgan fingerprint density at radius 3 is 2.82 bits per heavy atom. The molecule has 0 fully saturated rings. The molecule has 2 rings (SSSR count). The van der Waals surface area contributed by atoms with E-state index in [4.69, 9.17) is 10.5 Å². The fourth-order valence-electron chi connectivity index (χ4n) is 1.81. The van der Waals surface area contributed by atoms with Gasteiger partial charge in [-0.3, -0.25) is 4.98 Å². The van der Waals surface area contributed by atoms with E-state index in [0.717, 1.165) is 11.3 Å². The normalized spacial score (nSPS) is 10.6. The van der Waals surface area contributed by atoms with Crippen molar-refractivity contribution in [3.8, 4) is 0 Å². The molecular formula is C17H19N3O2. The first kappa shape index (κ1) is 15.6. The van der Waals surface area contributed by atoms with Gasteiger partial charge in [-0.15, -0.1) is 0 Å². The standard InChI is InChI=1S/C17H19N3O2/c1-13-9-10-15(18)16(20-13)8-5-11-19-17(21)22-12-14-6-3-2-4-7-14/h2-10H,11-12,18H2,1H3,(H,19,21). The second-order valence-electron chi connectivity index (χ2n) is 4.77. The van der Waals surface area contributed by atoms with Gasteiger partial charge in [0, 0.05) is 12.2 Å². The minimum Gasteiger partial charge on any atom is -0.445 e. The van der Waals surface area contributed by atoms with Gasteiger partial charge in [0.2, 0.25) is 0 Å². The largest absolute Gasteiger partial charge is 0.445 e. The molecule has 114 valence electrons. The highest BCUT2D eigenvalue weighted by Crippen LogP contribution is 2.10. The Hall–Kier alpha value is -2.82. The van der Waals surface area contributed by atoms with E-state index in [0.29, 0.717) is 17.9 Å². The van der Waals surface area contributed by atoms with Crippen LogP contribution in [-0.4, -0.2) is 17.6 Å². The number of nitrogen functional groups attached to an aromatic ring is 1. The zero-order valence-corrected chi connectivity index (χ0v) is 12.5. The molecule has 0 spiro atoms. The summed E-state index contributed by atoms with van der Waals surface area (Å²) in [6, 6.07) is 13.2. The smallest absolute Gasteiger partial charge is 0.407 e. The predicted molar refractivity (Wildman–Crippen MR) is 87.1 cm³/mol. The lowest BCUT2D eigenvalue weighted by Crippen LogP contribution is -2.24. The van der Waals surface area contributed by atoms with Crippen molar-refractivity contribution in [1.82, 2.24) is 10.3 Å². The maximum atomic E-state index is 11.5. The molecule has 0 radical (unpaired) electrons. The zero-order valence-electron chi connectivity index (χ0n) is 12.5. The van der Waals surface area contributed by atoms with Gasteiger partial charge in [0.25, 0.3) is 0 Å². The van der Waals surface area contributed by atoms with E-state index in [1.54, 1.807) is 12.2 Å². The third-order valence-corrected chi connectivity index (χ3v) is 2.95. The molecule has 1 amide bonds. The van der Waals surface area contributed by atoms with E-state index in [2.05, 4.69) is 10.3 Å². The van der Waals surface area contributed by atoms with Crippen molar-refractivity contribution >= 4 is 17.9 Å². The van der Waals surface area contributed by atoms with Crippen LogP contribution >= 0.6 is 0 Å². The maximum absolute atomic E-state index is 11.5. The summed E-state index contributed by atoms with van der Waals surface area (Å²) in [5.41, 5.74) is 8.96. The van der Waals surface area contributed by atoms with Crippen LogP contribution in [0.1, 0.15) is 17.0 Å². The fraction of sp³-hybridized carbons (Fsp3) is 0.176. The summed E-state index contributed by atoms with van der Waals surface area (Å²) in [6.07, 6.45) is 3.10. The van der Waals surface area contributed by atoms with Crippen LogP contribution in [0.2, 0.25) is 0 Å². The molecule has 1 heterocycles. The molecule has 0 unspecified atom stereocenters. The summed E-state index contributed by atoms with van der Waals surface area (Å²) < 4.78 is 5.10. The second kappa shape index (κ2) is 7.83. The van der Waals surface area contributed by atoms with E-state index in [9.17, 15) is 4.79 Å². The number of nitrogens with one attached hydrogen (secondary N) is 1. The van der Waals surface area contributed by atoms with Gasteiger partial charge in [0.05, 0.1) is 11.4 Å². The van der Waals surface area contributed by atoms with E-state index in [-0.39, 0.29) is 6.61 Å². The number of aryl methyl sites for hydroxylation is 1. The van der Waals surface area contributed by atoms with Crippen molar-refractivity contribution in [2.24, 2.45) is 0 Å². The lowest BCUT2D eigenvalue weighted by Gasteiger charge is -2.05.